The molecule has 1 aromatic heterocycles. The second kappa shape index (κ2) is 4.88. The smallest absolute Gasteiger partial charge is 0.257 e. The van der Waals surface area contributed by atoms with Gasteiger partial charge in [0.2, 0.25) is 0 Å². The van der Waals surface area contributed by atoms with Crippen molar-refractivity contribution in [3.63, 3.8) is 0 Å². The second-order valence-corrected chi connectivity index (χ2v) is 4.72. The zero-order valence-corrected chi connectivity index (χ0v) is 10.4. The van der Waals surface area contributed by atoms with Crippen molar-refractivity contribution in [1.29, 1.82) is 0 Å². The molecule has 1 aliphatic rings. The van der Waals surface area contributed by atoms with E-state index in [-0.39, 0.29) is 17.8 Å². The van der Waals surface area contributed by atoms with Crippen molar-refractivity contribution in [2.45, 2.75) is 18.9 Å². The van der Waals surface area contributed by atoms with E-state index in [9.17, 15) is 9.18 Å². The lowest BCUT2D eigenvalue weighted by atomic mass is 10.0. The van der Waals surface area contributed by atoms with Crippen LogP contribution in [0.4, 0.5) is 4.39 Å². The Kier molecular flexibility index (Phi) is 3.07. The molecule has 0 bridgehead atoms. The van der Waals surface area contributed by atoms with Crippen LogP contribution in [0.15, 0.2) is 47.3 Å². The predicted molar refractivity (Wildman–Crippen MR) is 68.1 cm³/mol. The molecule has 2 aromatic rings. The zero-order chi connectivity index (χ0) is 13.2. The van der Waals surface area contributed by atoms with Gasteiger partial charge in [-0.05, 0) is 36.6 Å². The van der Waals surface area contributed by atoms with Crippen LogP contribution in [0.1, 0.15) is 34.8 Å². The van der Waals surface area contributed by atoms with Crippen LogP contribution < -0.4 is 0 Å². The van der Waals surface area contributed by atoms with Crippen LogP contribution >= 0.6 is 0 Å². The van der Waals surface area contributed by atoms with E-state index >= 15 is 0 Å². The van der Waals surface area contributed by atoms with Crippen LogP contribution in [0.5, 0.6) is 0 Å². The van der Waals surface area contributed by atoms with E-state index in [1.54, 1.807) is 18.2 Å². The average Bonchev–Trinajstić information content (AvgIpc) is 3.10. The Hall–Kier alpha value is -2.10. The third-order valence-electron chi connectivity index (χ3n) is 3.54. The molecular formula is C15H14FNO2. The van der Waals surface area contributed by atoms with E-state index in [0.717, 1.165) is 24.9 Å². The molecule has 3 nitrogen and oxygen atoms in total. The van der Waals surface area contributed by atoms with Crippen molar-refractivity contribution in [2.24, 2.45) is 0 Å². The third kappa shape index (κ3) is 2.26. The van der Waals surface area contributed by atoms with Crippen LogP contribution in [0, 0.1) is 5.82 Å². The van der Waals surface area contributed by atoms with Gasteiger partial charge in [-0.2, -0.15) is 0 Å². The minimum atomic E-state index is -0.255. The molecule has 0 spiro atoms. The van der Waals surface area contributed by atoms with Gasteiger partial charge >= 0.3 is 0 Å². The lowest BCUT2D eigenvalue weighted by Gasteiger charge is -2.24. The summed E-state index contributed by atoms with van der Waals surface area (Å²) in [4.78, 5) is 14.2. The predicted octanol–water partition coefficient (Wildman–Crippen LogP) is 3.40. The second-order valence-electron chi connectivity index (χ2n) is 4.72. The molecule has 1 saturated heterocycles. The fraction of sp³-hybridized carbons (Fsp3) is 0.267. The molecule has 1 fully saturated rings. The van der Waals surface area contributed by atoms with Gasteiger partial charge in [0.15, 0.2) is 0 Å². The summed E-state index contributed by atoms with van der Waals surface area (Å²) in [6, 6.07) is 8.08. The molecule has 1 aliphatic heterocycles. The highest BCUT2D eigenvalue weighted by atomic mass is 19.1. The van der Waals surface area contributed by atoms with Crippen molar-refractivity contribution >= 4 is 5.91 Å². The number of likely N-dealkylation sites (tertiary alicyclic amines) is 1. The Labute approximate surface area is 110 Å². The van der Waals surface area contributed by atoms with Crippen molar-refractivity contribution in [3.05, 3.63) is 59.8 Å². The van der Waals surface area contributed by atoms with Gasteiger partial charge in [0.25, 0.3) is 5.91 Å². The number of benzene rings is 1. The van der Waals surface area contributed by atoms with Gasteiger partial charge < -0.3 is 9.32 Å². The molecular weight excluding hydrogens is 245 g/mol. The molecule has 1 atom stereocenters. The molecule has 1 unspecified atom stereocenters. The van der Waals surface area contributed by atoms with Crippen LogP contribution in [-0.2, 0) is 0 Å². The highest BCUT2D eigenvalue weighted by molar-refractivity contribution is 5.94. The molecule has 0 radical (unpaired) electrons. The van der Waals surface area contributed by atoms with E-state index in [4.69, 9.17) is 4.42 Å². The number of amides is 1. The zero-order valence-electron chi connectivity index (χ0n) is 10.4. The Balaban J connectivity index is 1.85. The summed E-state index contributed by atoms with van der Waals surface area (Å²) < 4.78 is 17.9. The monoisotopic (exact) mass is 259 g/mol. The summed E-state index contributed by atoms with van der Waals surface area (Å²) in [6.45, 7) is 0.728. The molecule has 1 amide bonds. The molecule has 1 aromatic carbocycles. The Bertz CT molecular complexity index is 562. The highest BCUT2D eigenvalue weighted by Crippen LogP contribution is 2.33. The van der Waals surface area contributed by atoms with E-state index in [1.807, 2.05) is 4.90 Å². The number of nitrogens with zero attached hydrogens (tertiary/aromatic N) is 1. The van der Waals surface area contributed by atoms with Crippen molar-refractivity contribution in [1.82, 2.24) is 4.90 Å². The molecule has 3 rings (SSSR count). The lowest BCUT2D eigenvalue weighted by molar-refractivity contribution is 0.0735. The molecule has 0 aliphatic carbocycles. The first-order chi connectivity index (χ1) is 9.25. The minimum absolute atomic E-state index is 0.0272. The fourth-order valence-corrected chi connectivity index (χ4v) is 2.59. The maximum absolute atomic E-state index is 13.0. The standard InChI is InChI=1S/C15H14FNO2/c16-13-5-3-11(4-6-13)14-2-1-8-17(14)15(18)12-7-9-19-10-12/h3-7,9-10,14H,1-2,8H2. The summed E-state index contributed by atoms with van der Waals surface area (Å²) in [7, 11) is 0. The van der Waals surface area contributed by atoms with Gasteiger partial charge in [0.1, 0.15) is 12.1 Å². The van der Waals surface area contributed by atoms with Crippen LogP contribution in [0.3, 0.4) is 0 Å². The molecule has 4 heteroatoms. The highest BCUT2D eigenvalue weighted by Gasteiger charge is 2.30. The van der Waals surface area contributed by atoms with Gasteiger partial charge in [0, 0.05) is 6.54 Å². The van der Waals surface area contributed by atoms with E-state index in [2.05, 4.69) is 0 Å². The summed E-state index contributed by atoms with van der Waals surface area (Å²) in [6.07, 6.45) is 4.83. The fourth-order valence-electron chi connectivity index (χ4n) is 2.59. The van der Waals surface area contributed by atoms with Gasteiger partial charge in [-0.25, -0.2) is 4.39 Å². The topological polar surface area (TPSA) is 33.5 Å². The number of carbonyl (C=O) groups is 1. The maximum Gasteiger partial charge on any atom is 0.257 e. The molecule has 0 N–H and O–H groups in total. The van der Waals surface area contributed by atoms with E-state index in [0.29, 0.717) is 5.56 Å². The van der Waals surface area contributed by atoms with E-state index < -0.39 is 0 Å². The third-order valence-corrected chi connectivity index (χ3v) is 3.54. The van der Waals surface area contributed by atoms with Crippen molar-refractivity contribution in [3.8, 4) is 0 Å². The Morgan fingerprint density at radius 2 is 2.05 bits per heavy atom. The van der Waals surface area contributed by atoms with Gasteiger partial charge in [-0.15, -0.1) is 0 Å². The average molecular weight is 259 g/mol. The van der Waals surface area contributed by atoms with Crippen LogP contribution in [0.25, 0.3) is 0 Å². The molecule has 19 heavy (non-hydrogen) atoms. The Morgan fingerprint density at radius 1 is 1.26 bits per heavy atom. The van der Waals surface area contributed by atoms with Crippen molar-refractivity contribution in [2.75, 3.05) is 6.54 Å². The minimum Gasteiger partial charge on any atom is -0.472 e. The lowest BCUT2D eigenvalue weighted by Crippen LogP contribution is -2.30. The van der Waals surface area contributed by atoms with Gasteiger partial charge in [-0.1, -0.05) is 12.1 Å². The number of hydrogen-bond donors (Lipinski definition) is 0. The largest absolute Gasteiger partial charge is 0.472 e. The summed E-state index contributed by atoms with van der Waals surface area (Å²) >= 11 is 0. The Morgan fingerprint density at radius 3 is 2.74 bits per heavy atom. The van der Waals surface area contributed by atoms with Crippen LogP contribution in [-0.4, -0.2) is 17.4 Å². The van der Waals surface area contributed by atoms with Crippen LogP contribution in [0.2, 0.25) is 0 Å². The number of carbonyl (C=O) groups excluding carboxylic acids is 1. The molecule has 2 heterocycles. The van der Waals surface area contributed by atoms with Gasteiger partial charge in [-0.3, -0.25) is 4.79 Å². The number of hydrogen-bond acceptors (Lipinski definition) is 2. The first kappa shape index (κ1) is 12.0. The first-order valence-electron chi connectivity index (χ1n) is 6.34. The normalized spacial score (nSPS) is 18.8. The molecule has 98 valence electrons. The summed E-state index contributed by atoms with van der Waals surface area (Å²) in [5.41, 5.74) is 1.55. The summed E-state index contributed by atoms with van der Waals surface area (Å²) in [5, 5.41) is 0. The number of halogens is 1. The maximum atomic E-state index is 13.0. The quantitative estimate of drug-likeness (QED) is 0.828. The van der Waals surface area contributed by atoms with Gasteiger partial charge in [0.05, 0.1) is 17.9 Å². The number of furan rings is 1. The van der Waals surface area contributed by atoms with Crippen molar-refractivity contribution < 1.29 is 13.6 Å². The summed E-state index contributed by atoms with van der Waals surface area (Å²) in [5.74, 6) is -0.282. The number of rotatable bonds is 2. The van der Waals surface area contributed by atoms with E-state index in [1.165, 1.54) is 24.7 Å². The molecule has 0 saturated carbocycles. The SMILES string of the molecule is O=C(c1ccoc1)N1CCCC1c1ccc(F)cc1. The first-order valence-corrected chi connectivity index (χ1v) is 6.34.